The summed E-state index contributed by atoms with van der Waals surface area (Å²) in [6, 6.07) is 18.0. The lowest BCUT2D eigenvalue weighted by Crippen LogP contribution is -2.07. The van der Waals surface area contributed by atoms with E-state index in [4.69, 9.17) is 0 Å². The molecule has 27 heavy (non-hydrogen) atoms. The molecule has 138 valence electrons. The van der Waals surface area contributed by atoms with Crippen molar-refractivity contribution in [2.75, 3.05) is 5.32 Å². The van der Waals surface area contributed by atoms with Crippen molar-refractivity contribution < 1.29 is 4.79 Å². The van der Waals surface area contributed by atoms with E-state index >= 15 is 0 Å². The zero-order valence-electron chi connectivity index (χ0n) is 15.5. The van der Waals surface area contributed by atoms with Gasteiger partial charge in [-0.05, 0) is 42.2 Å². The number of nitrogens with zero attached hydrogens (tertiary/aromatic N) is 3. The zero-order chi connectivity index (χ0) is 18.9. The lowest BCUT2D eigenvalue weighted by molar-refractivity contribution is -0.111. The standard InChI is InChI=1S/C22H24N4O/c1-2-3-7-18-10-12-20(13-11-18)23-22(27)15-14-21-17-26(25-24-21)16-19-8-5-4-6-9-19/h4-6,8-15,17H,2-3,7,16H2,1H3,(H,23,27)/b15-14+. The highest BCUT2D eigenvalue weighted by Crippen LogP contribution is 2.12. The largest absolute Gasteiger partial charge is 0.323 e. The van der Waals surface area contributed by atoms with E-state index in [0.29, 0.717) is 12.2 Å². The number of unbranched alkanes of at least 4 members (excludes halogenated alkanes) is 1. The van der Waals surface area contributed by atoms with E-state index in [1.807, 2.05) is 48.7 Å². The van der Waals surface area contributed by atoms with Gasteiger partial charge < -0.3 is 5.32 Å². The third-order valence-corrected chi connectivity index (χ3v) is 4.19. The molecule has 1 N–H and O–H groups in total. The summed E-state index contributed by atoms with van der Waals surface area (Å²) in [5, 5.41) is 11.0. The van der Waals surface area contributed by atoms with Crippen LogP contribution in [0.15, 0.2) is 66.9 Å². The number of hydrogen-bond acceptors (Lipinski definition) is 3. The van der Waals surface area contributed by atoms with Crippen LogP contribution < -0.4 is 5.32 Å². The van der Waals surface area contributed by atoms with Gasteiger partial charge in [0.25, 0.3) is 0 Å². The first-order chi connectivity index (χ1) is 13.2. The molecule has 0 spiro atoms. The Bertz CT molecular complexity index is 882. The van der Waals surface area contributed by atoms with Gasteiger partial charge >= 0.3 is 0 Å². The second-order valence-corrected chi connectivity index (χ2v) is 6.45. The maximum Gasteiger partial charge on any atom is 0.248 e. The molecule has 0 aliphatic heterocycles. The van der Waals surface area contributed by atoms with E-state index < -0.39 is 0 Å². The number of anilines is 1. The van der Waals surface area contributed by atoms with E-state index in [9.17, 15) is 4.79 Å². The van der Waals surface area contributed by atoms with Gasteiger partial charge in [0.2, 0.25) is 5.91 Å². The predicted octanol–water partition coefficient (Wildman–Crippen LogP) is 4.32. The SMILES string of the molecule is CCCCc1ccc(NC(=O)/C=C/c2cn(Cc3ccccc3)nn2)cc1. The number of amides is 1. The summed E-state index contributed by atoms with van der Waals surface area (Å²) in [4.78, 5) is 12.1. The van der Waals surface area contributed by atoms with Gasteiger partial charge in [-0.15, -0.1) is 5.10 Å². The van der Waals surface area contributed by atoms with Crippen molar-refractivity contribution in [2.24, 2.45) is 0 Å². The van der Waals surface area contributed by atoms with Gasteiger partial charge in [-0.25, -0.2) is 4.68 Å². The highest BCUT2D eigenvalue weighted by atomic mass is 16.1. The van der Waals surface area contributed by atoms with Crippen LogP contribution >= 0.6 is 0 Å². The molecule has 0 bridgehead atoms. The molecule has 1 amide bonds. The first-order valence-electron chi connectivity index (χ1n) is 9.25. The third-order valence-electron chi connectivity index (χ3n) is 4.19. The van der Waals surface area contributed by atoms with Crippen LogP contribution in [-0.4, -0.2) is 20.9 Å². The second-order valence-electron chi connectivity index (χ2n) is 6.45. The second kappa shape index (κ2) is 9.48. The molecule has 0 saturated heterocycles. The molecule has 3 rings (SSSR count). The van der Waals surface area contributed by atoms with Crippen LogP contribution in [0.4, 0.5) is 5.69 Å². The van der Waals surface area contributed by atoms with Crippen LogP contribution in [0.1, 0.15) is 36.6 Å². The van der Waals surface area contributed by atoms with Crippen LogP contribution in [0.3, 0.4) is 0 Å². The number of aromatic nitrogens is 3. The van der Waals surface area contributed by atoms with Gasteiger partial charge in [-0.3, -0.25) is 4.79 Å². The minimum atomic E-state index is -0.186. The number of benzene rings is 2. The lowest BCUT2D eigenvalue weighted by atomic mass is 10.1. The molecule has 0 aliphatic rings. The normalized spacial score (nSPS) is 11.0. The monoisotopic (exact) mass is 360 g/mol. The predicted molar refractivity (Wildman–Crippen MR) is 108 cm³/mol. The zero-order valence-corrected chi connectivity index (χ0v) is 15.5. The van der Waals surface area contributed by atoms with Crippen molar-refractivity contribution in [3.63, 3.8) is 0 Å². The lowest BCUT2D eigenvalue weighted by Gasteiger charge is -2.04. The van der Waals surface area contributed by atoms with Gasteiger partial charge in [-0.2, -0.15) is 0 Å². The van der Waals surface area contributed by atoms with Crippen molar-refractivity contribution in [3.05, 3.63) is 83.7 Å². The summed E-state index contributed by atoms with van der Waals surface area (Å²) < 4.78 is 1.75. The van der Waals surface area contributed by atoms with Gasteiger partial charge in [0.1, 0.15) is 5.69 Å². The van der Waals surface area contributed by atoms with Crippen LogP contribution in [0.2, 0.25) is 0 Å². The molecule has 3 aromatic rings. The molecule has 1 heterocycles. The van der Waals surface area contributed by atoms with Gasteiger partial charge in [-0.1, -0.05) is 61.0 Å². The third kappa shape index (κ3) is 5.92. The summed E-state index contributed by atoms with van der Waals surface area (Å²) in [5.74, 6) is -0.186. The fraction of sp³-hybridized carbons (Fsp3) is 0.227. The van der Waals surface area contributed by atoms with E-state index in [-0.39, 0.29) is 5.91 Å². The molecule has 5 nitrogen and oxygen atoms in total. The molecular weight excluding hydrogens is 336 g/mol. The van der Waals surface area contributed by atoms with E-state index in [1.165, 1.54) is 24.5 Å². The molecule has 0 unspecified atom stereocenters. The molecule has 0 radical (unpaired) electrons. The maximum atomic E-state index is 12.1. The topological polar surface area (TPSA) is 59.8 Å². The minimum absolute atomic E-state index is 0.186. The Labute approximate surface area is 159 Å². The Kier molecular flexibility index (Phi) is 6.52. The minimum Gasteiger partial charge on any atom is -0.323 e. The first-order valence-corrected chi connectivity index (χ1v) is 9.25. The van der Waals surface area contributed by atoms with Crippen molar-refractivity contribution in [1.82, 2.24) is 15.0 Å². The van der Waals surface area contributed by atoms with E-state index in [0.717, 1.165) is 17.7 Å². The maximum absolute atomic E-state index is 12.1. The average Bonchev–Trinajstić information content (AvgIpc) is 3.14. The summed E-state index contributed by atoms with van der Waals surface area (Å²) in [6.45, 7) is 2.83. The van der Waals surface area contributed by atoms with Crippen LogP contribution in [-0.2, 0) is 17.8 Å². The molecule has 0 aliphatic carbocycles. The quantitative estimate of drug-likeness (QED) is 0.609. The molecule has 5 heteroatoms. The Morgan fingerprint density at radius 1 is 1.07 bits per heavy atom. The summed E-state index contributed by atoms with van der Waals surface area (Å²) in [6.07, 6.45) is 8.39. The number of hydrogen-bond donors (Lipinski definition) is 1. The summed E-state index contributed by atoms with van der Waals surface area (Å²) >= 11 is 0. The fourth-order valence-corrected chi connectivity index (χ4v) is 2.72. The number of nitrogens with one attached hydrogen (secondary N) is 1. The van der Waals surface area contributed by atoms with E-state index in [1.54, 1.807) is 10.8 Å². The van der Waals surface area contributed by atoms with Crippen molar-refractivity contribution in [2.45, 2.75) is 32.7 Å². The number of carbonyl (C=O) groups excluding carboxylic acids is 1. The number of carbonyl (C=O) groups is 1. The van der Waals surface area contributed by atoms with Crippen molar-refractivity contribution in [1.29, 1.82) is 0 Å². The summed E-state index contributed by atoms with van der Waals surface area (Å²) in [5.41, 5.74) is 3.88. The van der Waals surface area contributed by atoms with Gasteiger partial charge in [0.15, 0.2) is 0 Å². The Morgan fingerprint density at radius 2 is 1.85 bits per heavy atom. The Balaban J connectivity index is 1.52. The molecule has 2 aromatic carbocycles. The van der Waals surface area contributed by atoms with Crippen LogP contribution in [0.5, 0.6) is 0 Å². The first kappa shape index (κ1) is 18.6. The molecular formula is C22H24N4O. The number of rotatable bonds is 8. The van der Waals surface area contributed by atoms with Crippen molar-refractivity contribution in [3.8, 4) is 0 Å². The van der Waals surface area contributed by atoms with Gasteiger partial charge in [0.05, 0.1) is 12.7 Å². The molecule has 0 saturated carbocycles. The van der Waals surface area contributed by atoms with Crippen LogP contribution in [0.25, 0.3) is 6.08 Å². The van der Waals surface area contributed by atoms with Crippen LogP contribution in [0, 0.1) is 0 Å². The van der Waals surface area contributed by atoms with E-state index in [2.05, 4.69) is 34.7 Å². The molecule has 1 aromatic heterocycles. The average molecular weight is 360 g/mol. The van der Waals surface area contributed by atoms with Gasteiger partial charge in [0, 0.05) is 11.8 Å². The smallest absolute Gasteiger partial charge is 0.248 e. The fourth-order valence-electron chi connectivity index (χ4n) is 2.72. The highest BCUT2D eigenvalue weighted by molar-refractivity contribution is 6.01. The summed E-state index contributed by atoms with van der Waals surface area (Å²) in [7, 11) is 0. The Hall–Kier alpha value is -3.21. The highest BCUT2D eigenvalue weighted by Gasteiger charge is 2.01. The number of aryl methyl sites for hydroxylation is 1. The van der Waals surface area contributed by atoms with Crippen molar-refractivity contribution >= 4 is 17.7 Å². The Morgan fingerprint density at radius 3 is 2.59 bits per heavy atom. The molecule has 0 atom stereocenters. The molecule has 0 fully saturated rings.